The Morgan fingerprint density at radius 1 is 0.927 bits per heavy atom. The summed E-state index contributed by atoms with van der Waals surface area (Å²) in [6, 6.07) is 14.8. The van der Waals surface area contributed by atoms with E-state index >= 15 is 0 Å². The molecule has 0 amide bonds. The van der Waals surface area contributed by atoms with Crippen molar-refractivity contribution in [1.29, 1.82) is 0 Å². The lowest BCUT2D eigenvalue weighted by molar-refractivity contribution is -0.667. The van der Waals surface area contributed by atoms with Gasteiger partial charge in [0.1, 0.15) is 4.70 Å². The van der Waals surface area contributed by atoms with Crippen LogP contribution in [0.2, 0.25) is 0 Å². The Morgan fingerprint density at radius 2 is 1.63 bits per heavy atom. The molecule has 3 aromatic carbocycles. The number of alkyl halides is 3. The van der Waals surface area contributed by atoms with Gasteiger partial charge in [0, 0.05) is 29.4 Å². The van der Waals surface area contributed by atoms with Gasteiger partial charge in [-0.1, -0.05) is 47.4 Å². The van der Waals surface area contributed by atoms with Gasteiger partial charge in [-0.15, -0.1) is 0 Å². The molecule has 5 rings (SSSR count). The van der Waals surface area contributed by atoms with Crippen molar-refractivity contribution in [3.05, 3.63) is 70.2 Å². The van der Waals surface area contributed by atoms with Crippen LogP contribution in [0.15, 0.2) is 64.5 Å². The second-order valence-corrected chi connectivity index (χ2v) is 14.5. The average molecular weight is 644 g/mol. The van der Waals surface area contributed by atoms with Crippen LogP contribution in [0.4, 0.5) is 18.9 Å². The average Bonchev–Trinajstić information content (AvgIpc) is 3.39. The van der Waals surface area contributed by atoms with Crippen LogP contribution in [-0.2, 0) is 33.0 Å². The third-order valence-corrected chi connectivity index (χ3v) is 10.3. The molecule has 0 unspecified atom stereocenters. The lowest BCUT2D eigenvalue weighted by atomic mass is 10.1. The first-order valence-electron chi connectivity index (χ1n) is 12.3. The third-order valence-electron chi connectivity index (χ3n) is 6.47. The number of nitrogens with zero attached hydrogens (tertiary/aromatic N) is 2. The Balaban J connectivity index is 1.62. The number of aryl methyl sites for hydroxylation is 1. The summed E-state index contributed by atoms with van der Waals surface area (Å²) in [6.07, 6.45) is -2.88. The highest BCUT2D eigenvalue weighted by molar-refractivity contribution is 8.04. The molecule has 0 atom stereocenters. The maximum atomic E-state index is 13.5. The molecule has 41 heavy (non-hydrogen) atoms. The highest BCUT2D eigenvalue weighted by atomic mass is 32.2. The summed E-state index contributed by atoms with van der Waals surface area (Å²) in [5.41, 5.74) is 0.212. The Hall–Kier alpha value is -2.69. The van der Waals surface area contributed by atoms with E-state index in [1.807, 2.05) is 41.0 Å². The Bertz CT molecular complexity index is 1890. The van der Waals surface area contributed by atoms with Crippen molar-refractivity contribution in [3.8, 4) is 0 Å². The molecule has 1 aromatic heterocycles. The zero-order valence-corrected chi connectivity index (χ0v) is 24.4. The van der Waals surface area contributed by atoms with Crippen molar-refractivity contribution >= 4 is 76.1 Å². The number of thiazole rings is 1. The van der Waals surface area contributed by atoms with Gasteiger partial charge in [0.25, 0.3) is 5.01 Å². The predicted octanol–water partition coefficient (Wildman–Crippen LogP) is 5.14. The van der Waals surface area contributed by atoms with Crippen LogP contribution in [0.5, 0.6) is 0 Å². The molecular weight excluding hydrogens is 622 g/mol. The van der Waals surface area contributed by atoms with Crippen molar-refractivity contribution in [2.75, 3.05) is 23.0 Å². The number of rotatable bonds is 9. The fraction of sp³-hybridized carbons (Fsp3) is 0.269. The van der Waals surface area contributed by atoms with Gasteiger partial charge in [0.05, 0.1) is 48.0 Å². The first-order chi connectivity index (χ1) is 19.2. The van der Waals surface area contributed by atoms with Gasteiger partial charge in [-0.3, -0.25) is 0 Å². The molecular formula is C26H22F3N2O6S4-. The quantitative estimate of drug-likeness (QED) is 0.182. The zero-order valence-electron chi connectivity index (χ0n) is 21.1. The first-order valence-corrected chi connectivity index (χ1v) is 17.1. The lowest BCUT2D eigenvalue weighted by Gasteiger charge is -2.21. The van der Waals surface area contributed by atoms with Crippen molar-refractivity contribution in [3.63, 3.8) is 0 Å². The molecule has 2 heterocycles. The van der Waals surface area contributed by atoms with Gasteiger partial charge < -0.3 is 14.0 Å². The lowest BCUT2D eigenvalue weighted by Crippen LogP contribution is -2.36. The summed E-state index contributed by atoms with van der Waals surface area (Å²) in [7, 11) is -8.97. The summed E-state index contributed by atoms with van der Waals surface area (Å²) in [5.74, 6) is -1.23. The Kier molecular flexibility index (Phi) is 8.13. The number of hydrogen-bond donors (Lipinski definition) is 0. The van der Waals surface area contributed by atoms with Crippen LogP contribution < -0.4 is 9.47 Å². The smallest absolute Gasteiger partial charge is 0.416 e. The summed E-state index contributed by atoms with van der Waals surface area (Å²) in [4.78, 5) is 2.10. The van der Waals surface area contributed by atoms with Crippen molar-refractivity contribution in [1.82, 2.24) is 0 Å². The molecule has 0 radical (unpaired) electrons. The van der Waals surface area contributed by atoms with E-state index in [0.717, 1.165) is 33.1 Å². The molecule has 0 N–H and O–H groups in total. The fourth-order valence-corrected chi connectivity index (χ4v) is 8.01. The van der Waals surface area contributed by atoms with Gasteiger partial charge in [0.15, 0.2) is 6.54 Å². The molecule has 4 aromatic rings. The molecule has 218 valence electrons. The van der Waals surface area contributed by atoms with Crippen LogP contribution in [0.1, 0.15) is 23.4 Å². The number of anilines is 1. The molecule has 0 fully saturated rings. The highest BCUT2D eigenvalue weighted by Crippen LogP contribution is 2.49. The molecule has 0 spiro atoms. The number of aromatic nitrogens is 1. The van der Waals surface area contributed by atoms with Crippen LogP contribution in [0.25, 0.3) is 27.1 Å². The molecule has 0 saturated heterocycles. The monoisotopic (exact) mass is 643 g/mol. The maximum absolute atomic E-state index is 13.5. The van der Waals surface area contributed by atoms with E-state index < -0.39 is 43.5 Å². The molecule has 1 aliphatic heterocycles. The second-order valence-electron chi connectivity index (χ2n) is 9.37. The summed E-state index contributed by atoms with van der Waals surface area (Å²) in [6.45, 7) is 0.176. The second kappa shape index (κ2) is 11.2. The van der Waals surface area contributed by atoms with E-state index in [2.05, 4.69) is 0 Å². The van der Waals surface area contributed by atoms with Gasteiger partial charge in [-0.25, -0.2) is 16.8 Å². The molecule has 1 aliphatic rings. The van der Waals surface area contributed by atoms with E-state index in [-0.39, 0.29) is 31.6 Å². The van der Waals surface area contributed by atoms with Crippen LogP contribution in [-0.4, -0.2) is 44.0 Å². The first kappa shape index (κ1) is 29.8. The van der Waals surface area contributed by atoms with Gasteiger partial charge in [0.2, 0.25) is 5.52 Å². The van der Waals surface area contributed by atoms with Crippen molar-refractivity contribution in [2.24, 2.45) is 0 Å². The zero-order chi connectivity index (χ0) is 29.6. The molecule has 0 aliphatic carbocycles. The minimum absolute atomic E-state index is 0.0170. The van der Waals surface area contributed by atoms with Crippen molar-refractivity contribution in [2.45, 2.75) is 30.5 Å². The van der Waals surface area contributed by atoms with Crippen LogP contribution in [0, 0.1) is 0 Å². The number of thioether (sulfide) groups is 1. The molecule has 15 heteroatoms. The summed E-state index contributed by atoms with van der Waals surface area (Å²) >= 11 is 2.60. The van der Waals surface area contributed by atoms with Gasteiger partial charge in [-0.05, 0) is 42.1 Å². The fourth-order valence-electron chi connectivity index (χ4n) is 4.72. The van der Waals surface area contributed by atoms with E-state index in [1.165, 1.54) is 29.2 Å². The maximum Gasteiger partial charge on any atom is 0.416 e. The van der Waals surface area contributed by atoms with Gasteiger partial charge >= 0.3 is 6.18 Å². The van der Waals surface area contributed by atoms with Crippen LogP contribution >= 0.6 is 23.1 Å². The molecule has 0 bridgehead atoms. The van der Waals surface area contributed by atoms with E-state index in [4.69, 9.17) is 0 Å². The number of fused-ring (bicyclic) bond motifs is 4. The van der Waals surface area contributed by atoms with Gasteiger partial charge in [-0.2, -0.15) is 17.7 Å². The SMILES string of the molecule is O=S(=O)([O-])CCCN1/C(=C/c2sc3ccc4ccccc4c3[n+]2CCCS(=O)(=O)[O-])Sc2ccc(C(F)(F)F)cc21. The summed E-state index contributed by atoms with van der Waals surface area (Å²) < 4.78 is 111. The summed E-state index contributed by atoms with van der Waals surface area (Å²) in [5, 5.41) is 3.03. The highest BCUT2D eigenvalue weighted by Gasteiger charge is 2.35. The Labute approximate surface area is 242 Å². The standard InChI is InChI=1S/C26H23F3N2O6S4/c27-26(28,29)18-8-10-21-20(15-18)30(11-3-13-40(32,33)34)23(38-21)16-24-31(12-4-14-41(35,36)37)25-19-6-2-1-5-17(19)7-9-22(25)39-24/h1-2,5-10,15-16H,3-4,11-14H2,(H-,32,33,34,35,36,37)/p-1. The van der Waals surface area contributed by atoms with E-state index in [0.29, 0.717) is 14.9 Å². The predicted molar refractivity (Wildman–Crippen MR) is 151 cm³/mol. The largest absolute Gasteiger partial charge is 0.748 e. The third kappa shape index (κ3) is 6.87. The number of hydrogen-bond acceptors (Lipinski definition) is 9. The molecule has 0 saturated carbocycles. The normalized spacial score (nSPS) is 15.3. The van der Waals surface area contributed by atoms with Crippen molar-refractivity contribution < 1.29 is 43.7 Å². The molecule has 8 nitrogen and oxygen atoms in total. The number of halogens is 3. The Morgan fingerprint density at radius 3 is 2.34 bits per heavy atom. The van der Waals surface area contributed by atoms with E-state index in [1.54, 1.807) is 11.0 Å². The van der Waals surface area contributed by atoms with Crippen LogP contribution in [0.3, 0.4) is 0 Å². The number of benzene rings is 3. The topological polar surface area (TPSA) is 122 Å². The van der Waals surface area contributed by atoms with E-state index in [9.17, 15) is 39.1 Å². The minimum atomic E-state index is -4.59. The minimum Gasteiger partial charge on any atom is -0.748 e.